The molecule has 0 aliphatic carbocycles. The fourth-order valence-corrected chi connectivity index (χ4v) is 2.34. The van der Waals surface area contributed by atoms with Crippen LogP contribution in [0, 0.1) is 5.95 Å². The van der Waals surface area contributed by atoms with Crippen molar-refractivity contribution in [3.05, 3.63) is 29.8 Å². The lowest BCUT2D eigenvalue weighted by molar-refractivity contribution is 0.587. The van der Waals surface area contributed by atoms with Gasteiger partial charge in [-0.15, -0.1) is 0 Å². The van der Waals surface area contributed by atoms with Crippen LogP contribution in [0.1, 0.15) is 18.5 Å². The molecule has 3 heterocycles. The van der Waals surface area contributed by atoms with Crippen LogP contribution >= 0.6 is 0 Å². The molecule has 2 aromatic rings. The summed E-state index contributed by atoms with van der Waals surface area (Å²) in [5.74, 6) is -0.431. The molecule has 0 saturated carbocycles. The molecular formula is C12H14FN3. The Bertz CT molecular complexity index is 500. The molecule has 3 rings (SSSR count). The van der Waals surface area contributed by atoms with Gasteiger partial charge in [0, 0.05) is 23.5 Å². The van der Waals surface area contributed by atoms with E-state index in [9.17, 15) is 4.39 Å². The molecule has 0 amide bonds. The number of nitrogens with one attached hydrogen (secondary N) is 2. The summed E-state index contributed by atoms with van der Waals surface area (Å²) in [5, 5.41) is 4.43. The summed E-state index contributed by atoms with van der Waals surface area (Å²) in [7, 11) is 0. The molecule has 0 bridgehead atoms. The van der Waals surface area contributed by atoms with Gasteiger partial charge in [-0.1, -0.05) is 0 Å². The Labute approximate surface area is 93.1 Å². The molecule has 0 aromatic carbocycles. The van der Waals surface area contributed by atoms with Gasteiger partial charge in [0.05, 0.1) is 0 Å². The first-order valence-electron chi connectivity index (χ1n) is 5.69. The number of hydrogen-bond acceptors (Lipinski definition) is 2. The highest BCUT2D eigenvalue weighted by molar-refractivity contribution is 5.76. The first-order valence-corrected chi connectivity index (χ1v) is 5.69. The Hall–Kier alpha value is -1.42. The van der Waals surface area contributed by atoms with Gasteiger partial charge >= 0.3 is 0 Å². The summed E-state index contributed by atoms with van der Waals surface area (Å²) < 4.78 is 12.9. The lowest BCUT2D eigenvalue weighted by Gasteiger charge is -2.07. The maximum atomic E-state index is 12.9. The monoisotopic (exact) mass is 219 g/mol. The van der Waals surface area contributed by atoms with Crippen molar-refractivity contribution < 1.29 is 4.39 Å². The van der Waals surface area contributed by atoms with E-state index in [1.165, 1.54) is 18.9 Å². The molecule has 4 heteroatoms. The van der Waals surface area contributed by atoms with E-state index in [2.05, 4.69) is 21.4 Å². The van der Waals surface area contributed by atoms with Crippen molar-refractivity contribution in [3.63, 3.8) is 0 Å². The Morgan fingerprint density at radius 2 is 2.38 bits per heavy atom. The molecular weight excluding hydrogens is 205 g/mol. The van der Waals surface area contributed by atoms with E-state index in [0.29, 0.717) is 11.7 Å². The number of nitrogens with zero attached hydrogens (tertiary/aromatic N) is 1. The van der Waals surface area contributed by atoms with Gasteiger partial charge in [-0.05, 0) is 37.6 Å². The highest BCUT2D eigenvalue weighted by Gasteiger charge is 2.15. The number of aromatic nitrogens is 2. The Morgan fingerprint density at radius 3 is 3.19 bits per heavy atom. The highest BCUT2D eigenvalue weighted by Crippen LogP contribution is 2.17. The molecule has 1 saturated heterocycles. The first kappa shape index (κ1) is 9.78. The number of halogens is 1. The number of aromatic amines is 1. The zero-order valence-electron chi connectivity index (χ0n) is 8.96. The molecule has 0 spiro atoms. The average Bonchev–Trinajstić information content (AvgIpc) is 2.86. The fraction of sp³-hybridized carbons (Fsp3) is 0.417. The molecule has 2 aromatic heterocycles. The number of fused-ring (bicyclic) bond motifs is 1. The zero-order chi connectivity index (χ0) is 11.0. The van der Waals surface area contributed by atoms with Crippen molar-refractivity contribution in [1.29, 1.82) is 0 Å². The van der Waals surface area contributed by atoms with E-state index >= 15 is 0 Å². The van der Waals surface area contributed by atoms with E-state index in [1.54, 1.807) is 6.07 Å². The zero-order valence-corrected chi connectivity index (χ0v) is 8.96. The van der Waals surface area contributed by atoms with Crippen molar-refractivity contribution in [2.45, 2.75) is 25.3 Å². The van der Waals surface area contributed by atoms with Gasteiger partial charge < -0.3 is 10.3 Å². The first-order chi connectivity index (χ1) is 7.81. The minimum absolute atomic E-state index is 0.431. The van der Waals surface area contributed by atoms with Gasteiger partial charge in [0.2, 0.25) is 5.95 Å². The summed E-state index contributed by atoms with van der Waals surface area (Å²) in [4.78, 5) is 7.00. The Morgan fingerprint density at radius 1 is 1.44 bits per heavy atom. The van der Waals surface area contributed by atoms with Gasteiger partial charge in [0.15, 0.2) is 0 Å². The van der Waals surface area contributed by atoms with Crippen LogP contribution in [-0.2, 0) is 6.42 Å². The number of rotatable bonds is 2. The standard InChI is InChI=1S/C12H14FN3/c13-11-4-3-8-6-10(15-12(8)16-11)7-9-2-1-5-14-9/h3-4,6,9,14H,1-2,5,7H2,(H,15,16)/t9-/m1/s1. The predicted octanol–water partition coefficient (Wildman–Crippen LogP) is 2.00. The molecule has 84 valence electrons. The third-order valence-corrected chi connectivity index (χ3v) is 3.13. The Kier molecular flexibility index (Phi) is 2.36. The van der Waals surface area contributed by atoms with Crippen molar-refractivity contribution in [1.82, 2.24) is 15.3 Å². The fourth-order valence-electron chi connectivity index (χ4n) is 2.34. The van der Waals surface area contributed by atoms with Crippen LogP contribution in [0.5, 0.6) is 0 Å². The minimum Gasteiger partial charge on any atom is -0.343 e. The molecule has 1 fully saturated rings. The van der Waals surface area contributed by atoms with Crippen LogP contribution in [0.4, 0.5) is 4.39 Å². The molecule has 3 nitrogen and oxygen atoms in total. The smallest absolute Gasteiger partial charge is 0.214 e. The summed E-state index contributed by atoms with van der Waals surface area (Å²) in [6.07, 6.45) is 3.44. The van der Waals surface area contributed by atoms with Crippen LogP contribution in [0.15, 0.2) is 18.2 Å². The topological polar surface area (TPSA) is 40.7 Å². The van der Waals surface area contributed by atoms with Gasteiger partial charge in [-0.2, -0.15) is 4.39 Å². The molecule has 1 atom stereocenters. The average molecular weight is 219 g/mol. The third-order valence-electron chi connectivity index (χ3n) is 3.13. The predicted molar refractivity (Wildman–Crippen MR) is 60.8 cm³/mol. The van der Waals surface area contributed by atoms with E-state index in [1.807, 2.05) is 0 Å². The minimum atomic E-state index is -0.431. The van der Waals surface area contributed by atoms with Crippen LogP contribution < -0.4 is 5.32 Å². The second-order valence-electron chi connectivity index (χ2n) is 4.36. The maximum Gasteiger partial charge on any atom is 0.214 e. The van der Waals surface area contributed by atoms with Crippen molar-refractivity contribution >= 4 is 11.0 Å². The molecule has 1 aliphatic rings. The largest absolute Gasteiger partial charge is 0.343 e. The van der Waals surface area contributed by atoms with Crippen molar-refractivity contribution in [2.75, 3.05) is 6.54 Å². The number of pyridine rings is 1. The Balaban J connectivity index is 1.86. The van der Waals surface area contributed by atoms with Gasteiger partial charge in [0.25, 0.3) is 0 Å². The lowest BCUT2D eigenvalue weighted by Crippen LogP contribution is -2.23. The number of H-pyrrole nitrogens is 1. The normalized spacial score (nSPS) is 20.7. The summed E-state index contributed by atoms with van der Waals surface area (Å²) >= 11 is 0. The van der Waals surface area contributed by atoms with Crippen molar-refractivity contribution in [3.8, 4) is 0 Å². The second-order valence-corrected chi connectivity index (χ2v) is 4.36. The second kappa shape index (κ2) is 3.87. The van der Waals surface area contributed by atoms with E-state index in [-0.39, 0.29) is 0 Å². The van der Waals surface area contributed by atoms with Crippen LogP contribution in [0.25, 0.3) is 11.0 Å². The molecule has 16 heavy (non-hydrogen) atoms. The van der Waals surface area contributed by atoms with Crippen LogP contribution in [-0.4, -0.2) is 22.6 Å². The van der Waals surface area contributed by atoms with Crippen molar-refractivity contribution in [2.24, 2.45) is 0 Å². The number of hydrogen-bond donors (Lipinski definition) is 2. The van der Waals surface area contributed by atoms with Crippen LogP contribution in [0.3, 0.4) is 0 Å². The van der Waals surface area contributed by atoms with Gasteiger partial charge in [0.1, 0.15) is 5.65 Å². The molecule has 1 aliphatic heterocycles. The van der Waals surface area contributed by atoms with Gasteiger partial charge in [-0.3, -0.25) is 0 Å². The third kappa shape index (κ3) is 1.80. The van der Waals surface area contributed by atoms with E-state index in [4.69, 9.17) is 0 Å². The summed E-state index contributed by atoms with van der Waals surface area (Å²) in [5.41, 5.74) is 1.78. The van der Waals surface area contributed by atoms with Gasteiger partial charge in [-0.25, -0.2) is 4.98 Å². The molecule has 0 unspecified atom stereocenters. The van der Waals surface area contributed by atoms with E-state index < -0.39 is 5.95 Å². The molecule has 2 N–H and O–H groups in total. The summed E-state index contributed by atoms with van der Waals surface area (Å²) in [6.45, 7) is 1.11. The maximum absolute atomic E-state index is 12.9. The molecule has 0 radical (unpaired) electrons. The quantitative estimate of drug-likeness (QED) is 0.758. The van der Waals surface area contributed by atoms with E-state index in [0.717, 1.165) is 24.0 Å². The van der Waals surface area contributed by atoms with Crippen LogP contribution in [0.2, 0.25) is 0 Å². The SMILES string of the molecule is Fc1ccc2cc(C[C@H]3CCCN3)[nH]c2n1. The lowest BCUT2D eigenvalue weighted by atomic mass is 10.1. The summed E-state index contributed by atoms with van der Waals surface area (Å²) in [6, 6.07) is 5.77. The highest BCUT2D eigenvalue weighted by atomic mass is 19.1.